The van der Waals surface area contributed by atoms with E-state index in [2.05, 4.69) is 15.2 Å². The Labute approximate surface area is 135 Å². The highest BCUT2D eigenvalue weighted by atomic mass is 16.6. The predicted molar refractivity (Wildman–Crippen MR) is 88.2 cm³/mol. The van der Waals surface area contributed by atoms with Gasteiger partial charge in [-0.15, -0.1) is 5.11 Å². The van der Waals surface area contributed by atoms with Gasteiger partial charge in [0.2, 0.25) is 0 Å². The Kier molecular flexibility index (Phi) is 3.78. The number of aromatic amines is 1. The maximum Gasteiger partial charge on any atom is 0.280 e. The lowest BCUT2D eigenvalue weighted by Crippen LogP contribution is -2.05. The van der Waals surface area contributed by atoms with Gasteiger partial charge in [0.1, 0.15) is 0 Å². The molecule has 3 aromatic rings. The highest BCUT2D eigenvalue weighted by Gasteiger charge is 2.14. The van der Waals surface area contributed by atoms with Gasteiger partial charge in [0.05, 0.1) is 16.1 Å². The second kappa shape index (κ2) is 5.92. The number of rotatable bonds is 3. The quantitative estimate of drug-likeness (QED) is 0.431. The molecule has 2 N–H and O–H groups in total. The largest absolute Gasteiger partial charge is 0.505 e. The van der Waals surface area contributed by atoms with E-state index < -0.39 is 10.5 Å². The van der Waals surface area contributed by atoms with Crippen molar-refractivity contribution >= 4 is 28.0 Å². The van der Waals surface area contributed by atoms with E-state index in [4.69, 9.17) is 0 Å². The SMILES string of the molecule is Cc1ccc(N=Nc2c(O)c3ccc([N+](=O)[O-])cc3[nH]c2=O)cc1. The summed E-state index contributed by atoms with van der Waals surface area (Å²) < 4.78 is 0. The summed E-state index contributed by atoms with van der Waals surface area (Å²) in [6.07, 6.45) is 0. The fourth-order valence-corrected chi connectivity index (χ4v) is 2.18. The lowest BCUT2D eigenvalue weighted by molar-refractivity contribution is -0.384. The lowest BCUT2D eigenvalue weighted by Gasteiger charge is -2.03. The van der Waals surface area contributed by atoms with Gasteiger partial charge in [0.15, 0.2) is 11.4 Å². The summed E-state index contributed by atoms with van der Waals surface area (Å²) in [5, 5.41) is 29.0. The smallest absolute Gasteiger partial charge is 0.280 e. The summed E-state index contributed by atoms with van der Waals surface area (Å²) in [7, 11) is 0. The molecule has 0 aliphatic carbocycles. The molecule has 0 fully saturated rings. The summed E-state index contributed by atoms with van der Waals surface area (Å²) in [5.41, 5.74) is 0.617. The Balaban J connectivity index is 2.08. The van der Waals surface area contributed by atoms with Gasteiger partial charge in [-0.05, 0) is 25.1 Å². The van der Waals surface area contributed by atoms with E-state index in [0.29, 0.717) is 5.69 Å². The van der Waals surface area contributed by atoms with Crippen LogP contribution < -0.4 is 5.56 Å². The number of H-pyrrole nitrogens is 1. The maximum absolute atomic E-state index is 12.1. The second-order valence-corrected chi connectivity index (χ2v) is 5.17. The highest BCUT2D eigenvalue weighted by Crippen LogP contribution is 2.32. The summed E-state index contributed by atoms with van der Waals surface area (Å²) in [6.45, 7) is 1.93. The molecule has 0 aliphatic rings. The minimum atomic E-state index is -0.684. The fourth-order valence-electron chi connectivity index (χ4n) is 2.18. The number of hydrogen-bond donors (Lipinski definition) is 2. The van der Waals surface area contributed by atoms with Crippen LogP contribution in [0.3, 0.4) is 0 Å². The van der Waals surface area contributed by atoms with Crippen LogP contribution >= 0.6 is 0 Å². The molecule has 8 nitrogen and oxygen atoms in total. The van der Waals surface area contributed by atoms with Crippen molar-refractivity contribution in [3.63, 3.8) is 0 Å². The number of nitro groups is 1. The molecule has 1 aromatic heterocycles. The Morgan fingerprint density at radius 3 is 2.50 bits per heavy atom. The Morgan fingerprint density at radius 1 is 1.12 bits per heavy atom. The molecule has 24 heavy (non-hydrogen) atoms. The standard InChI is InChI=1S/C16H12N4O4/c1-9-2-4-10(5-3-9)18-19-14-15(21)12-7-6-11(20(23)24)8-13(12)17-16(14)22/h2-8H,1H3,(H2,17,21,22). The van der Waals surface area contributed by atoms with E-state index in [-0.39, 0.29) is 28.0 Å². The fraction of sp³-hybridized carbons (Fsp3) is 0.0625. The van der Waals surface area contributed by atoms with Crippen LogP contribution in [0.15, 0.2) is 57.5 Å². The van der Waals surface area contributed by atoms with Crippen LogP contribution in [0.4, 0.5) is 17.1 Å². The van der Waals surface area contributed by atoms with Gasteiger partial charge in [-0.25, -0.2) is 0 Å². The third-order valence-electron chi connectivity index (χ3n) is 3.46. The van der Waals surface area contributed by atoms with Crippen LogP contribution in [0.1, 0.15) is 5.56 Å². The first-order valence-electron chi connectivity index (χ1n) is 6.97. The van der Waals surface area contributed by atoms with Gasteiger partial charge in [0.25, 0.3) is 11.2 Å². The average molecular weight is 324 g/mol. The molecule has 0 radical (unpaired) electrons. The van der Waals surface area contributed by atoms with Crippen molar-refractivity contribution in [1.29, 1.82) is 0 Å². The number of hydrogen-bond acceptors (Lipinski definition) is 6. The van der Waals surface area contributed by atoms with Crippen molar-refractivity contribution in [3.05, 3.63) is 68.5 Å². The maximum atomic E-state index is 12.1. The number of benzene rings is 2. The molecule has 8 heteroatoms. The third kappa shape index (κ3) is 2.84. The Morgan fingerprint density at radius 2 is 1.83 bits per heavy atom. The number of nitrogens with zero attached hydrogens (tertiary/aromatic N) is 3. The number of aryl methyl sites for hydroxylation is 1. The zero-order chi connectivity index (χ0) is 17.3. The van der Waals surface area contributed by atoms with Gasteiger partial charge >= 0.3 is 0 Å². The third-order valence-corrected chi connectivity index (χ3v) is 3.46. The molecule has 0 aliphatic heterocycles. The van der Waals surface area contributed by atoms with Crippen LogP contribution in [0.2, 0.25) is 0 Å². The minimum Gasteiger partial charge on any atom is -0.505 e. The number of aromatic hydroxyl groups is 1. The molecule has 0 saturated heterocycles. The lowest BCUT2D eigenvalue weighted by atomic mass is 10.1. The molecule has 0 bridgehead atoms. The van der Waals surface area contributed by atoms with E-state index >= 15 is 0 Å². The number of pyridine rings is 1. The molecule has 0 unspecified atom stereocenters. The number of fused-ring (bicyclic) bond motifs is 1. The van der Waals surface area contributed by atoms with Crippen molar-refractivity contribution in [1.82, 2.24) is 4.98 Å². The number of aromatic nitrogens is 1. The van der Waals surface area contributed by atoms with E-state index in [1.165, 1.54) is 18.2 Å². The normalized spacial score (nSPS) is 11.2. The number of nitrogens with one attached hydrogen (secondary N) is 1. The first kappa shape index (κ1) is 15.3. The van der Waals surface area contributed by atoms with Crippen molar-refractivity contribution in [2.75, 3.05) is 0 Å². The molecule has 3 rings (SSSR count). The summed E-state index contributed by atoms with van der Waals surface area (Å²) in [4.78, 5) is 24.7. The number of non-ortho nitro benzene ring substituents is 1. The van der Waals surface area contributed by atoms with Crippen LogP contribution in [0.5, 0.6) is 5.75 Å². The van der Waals surface area contributed by atoms with E-state index in [1.54, 1.807) is 12.1 Å². The monoisotopic (exact) mass is 324 g/mol. The zero-order valence-electron chi connectivity index (χ0n) is 12.6. The number of nitro benzene ring substituents is 1. The Bertz CT molecular complexity index is 1020. The molecule has 2 aromatic carbocycles. The molecule has 0 spiro atoms. The van der Waals surface area contributed by atoms with Crippen molar-refractivity contribution < 1.29 is 10.0 Å². The predicted octanol–water partition coefficient (Wildman–Crippen LogP) is 3.87. The van der Waals surface area contributed by atoms with Gasteiger partial charge in [-0.1, -0.05) is 17.7 Å². The van der Waals surface area contributed by atoms with Crippen molar-refractivity contribution in [2.24, 2.45) is 10.2 Å². The van der Waals surface area contributed by atoms with Crippen LogP contribution in [0.25, 0.3) is 10.9 Å². The first-order chi connectivity index (χ1) is 11.5. The number of azo groups is 1. The topological polar surface area (TPSA) is 121 Å². The minimum absolute atomic E-state index is 0.154. The highest BCUT2D eigenvalue weighted by molar-refractivity contribution is 5.90. The molecular formula is C16H12N4O4. The van der Waals surface area contributed by atoms with E-state index in [0.717, 1.165) is 5.56 Å². The zero-order valence-corrected chi connectivity index (χ0v) is 12.6. The van der Waals surface area contributed by atoms with Crippen LogP contribution in [-0.2, 0) is 0 Å². The average Bonchev–Trinajstić information content (AvgIpc) is 2.55. The van der Waals surface area contributed by atoms with Crippen LogP contribution in [0, 0.1) is 17.0 Å². The molecule has 120 valence electrons. The first-order valence-corrected chi connectivity index (χ1v) is 6.97. The van der Waals surface area contributed by atoms with Gasteiger partial charge < -0.3 is 10.1 Å². The molecule has 0 amide bonds. The van der Waals surface area contributed by atoms with Crippen LogP contribution in [-0.4, -0.2) is 15.0 Å². The van der Waals surface area contributed by atoms with Crippen molar-refractivity contribution in [3.8, 4) is 5.75 Å². The van der Waals surface area contributed by atoms with E-state index in [9.17, 15) is 20.0 Å². The Hall–Kier alpha value is -3.55. The summed E-state index contributed by atoms with van der Waals surface area (Å²) >= 11 is 0. The molecule has 0 saturated carbocycles. The molecular weight excluding hydrogens is 312 g/mol. The second-order valence-electron chi connectivity index (χ2n) is 5.17. The summed E-state index contributed by atoms with van der Waals surface area (Å²) in [6, 6.07) is 10.9. The van der Waals surface area contributed by atoms with Gasteiger partial charge in [-0.2, -0.15) is 5.11 Å². The van der Waals surface area contributed by atoms with E-state index in [1.807, 2.05) is 19.1 Å². The molecule has 0 atom stereocenters. The van der Waals surface area contributed by atoms with Gasteiger partial charge in [-0.3, -0.25) is 14.9 Å². The van der Waals surface area contributed by atoms with Gasteiger partial charge in [0, 0.05) is 17.5 Å². The molecule has 1 heterocycles. The van der Waals surface area contributed by atoms with Crippen molar-refractivity contribution in [2.45, 2.75) is 6.92 Å². The summed E-state index contributed by atoms with van der Waals surface area (Å²) in [5.74, 6) is -0.375.